The summed E-state index contributed by atoms with van der Waals surface area (Å²) in [6.45, 7) is 30.2. The smallest absolute Gasteiger partial charge is 0.135 e. The van der Waals surface area contributed by atoms with Crippen molar-refractivity contribution in [2.45, 2.75) is 214 Å². The van der Waals surface area contributed by atoms with Crippen LogP contribution in [-0.2, 0) is 156 Å². The van der Waals surface area contributed by atoms with E-state index in [1.165, 1.54) is 89.0 Å². The summed E-state index contributed by atoms with van der Waals surface area (Å²) in [5.41, 5.74) is 32.5. The molecule has 1 aliphatic carbocycles. The third-order valence-electron chi connectivity index (χ3n) is 30.1. The number of hydrogen-bond donors (Lipinski definition) is 0. The lowest BCUT2D eigenvalue weighted by atomic mass is 9.91. The summed E-state index contributed by atoms with van der Waals surface area (Å²) in [5.74, 6) is 8.84. The zero-order valence-electron chi connectivity index (χ0n) is 86.4. The van der Waals surface area contributed by atoms with Crippen LogP contribution in [0.25, 0.3) is 105 Å². The number of rotatable bonds is 6. The van der Waals surface area contributed by atoms with Gasteiger partial charge >= 0.3 is 0 Å². The van der Waals surface area contributed by atoms with Crippen LogP contribution in [-0.4, -0.2) is 137 Å². The third-order valence-corrected chi connectivity index (χ3v) is 35.0. The highest BCUT2D eigenvalue weighted by Crippen LogP contribution is 2.51. The van der Waals surface area contributed by atoms with E-state index in [1.807, 2.05) is 106 Å². The molecule has 0 amide bonds. The van der Waals surface area contributed by atoms with Crippen LogP contribution in [0.2, 0.25) is 15.1 Å². The van der Waals surface area contributed by atoms with Crippen molar-refractivity contribution in [2.24, 2.45) is 28.2 Å². The van der Waals surface area contributed by atoms with E-state index in [4.69, 9.17) is 93.8 Å². The molecule has 0 saturated carbocycles. The van der Waals surface area contributed by atoms with Crippen molar-refractivity contribution in [3.8, 4) is 50.6 Å². The van der Waals surface area contributed by atoms with Crippen LogP contribution >= 0.6 is 81.9 Å². The molecular weight excluding hydrogens is 1970 g/mol. The molecule has 9 aromatic heterocycles. The molecule has 6 aliphatic rings. The van der Waals surface area contributed by atoms with Gasteiger partial charge in [-0.15, -0.1) is 47.0 Å². The molecule has 24 bridgehead atoms. The van der Waals surface area contributed by atoms with Gasteiger partial charge in [-0.05, 0) is 255 Å². The number of benzene rings is 8. The average Bonchev–Trinajstić information content (AvgIpc) is 1.58. The van der Waals surface area contributed by atoms with Gasteiger partial charge in [0.25, 0.3) is 0 Å². The first kappa shape index (κ1) is 101. The molecule has 0 fully saturated rings. The molecule has 147 heavy (non-hydrogen) atoms. The third kappa shape index (κ3) is 20.1. The van der Waals surface area contributed by atoms with Crippen molar-refractivity contribution in [1.82, 2.24) is 82.2 Å². The highest BCUT2D eigenvalue weighted by atomic mass is 35.5. The largest absolute Gasteiger partial charge is 0.495 e. The number of fused-ring (bicyclic) bond motifs is 28. The lowest BCUT2D eigenvalue weighted by Gasteiger charge is -2.21. The van der Waals surface area contributed by atoms with Gasteiger partial charge < -0.3 is 42.1 Å². The van der Waals surface area contributed by atoms with E-state index in [0.717, 1.165) is 299 Å². The number of halogens is 3. The summed E-state index contributed by atoms with van der Waals surface area (Å²) in [5, 5.41) is 40.4. The van der Waals surface area contributed by atoms with Crippen LogP contribution in [0.1, 0.15) is 171 Å². The van der Waals surface area contributed by atoms with Crippen molar-refractivity contribution < 1.29 is 28.4 Å². The van der Waals surface area contributed by atoms with Gasteiger partial charge in [-0.1, -0.05) is 103 Å². The topological polar surface area (TPSA) is 184 Å². The first-order valence-corrected chi connectivity index (χ1v) is 56.4. The van der Waals surface area contributed by atoms with E-state index in [2.05, 4.69) is 222 Å². The van der Waals surface area contributed by atoms with Gasteiger partial charge in [0.2, 0.25) is 0 Å². The number of nitrogens with zero attached hydrogens (tertiary/aromatic N) is 17. The maximum absolute atomic E-state index is 7.26. The predicted octanol–water partition coefficient (Wildman–Crippen LogP) is 27.1. The number of thioether (sulfide) groups is 4. The number of aromatic nitrogens is 15. The van der Waals surface area contributed by atoms with E-state index in [9.17, 15) is 0 Å². The highest BCUT2D eigenvalue weighted by Gasteiger charge is 2.35. The molecule has 0 spiro atoms. The van der Waals surface area contributed by atoms with Gasteiger partial charge in [-0.25, -0.2) is 0 Å². The van der Waals surface area contributed by atoms with Gasteiger partial charge in [0, 0.05) is 257 Å². The van der Waals surface area contributed by atoms with Gasteiger partial charge in [0.05, 0.1) is 92.4 Å². The summed E-state index contributed by atoms with van der Waals surface area (Å²) in [6.07, 6.45) is 13.6. The number of hydrogen-bond acceptors (Lipinski definition) is 18. The Morgan fingerprint density at radius 2 is 0.755 bits per heavy atom. The lowest BCUT2D eigenvalue weighted by molar-refractivity contribution is 0.296. The Morgan fingerprint density at radius 1 is 0.361 bits per heavy atom. The van der Waals surface area contributed by atoms with Crippen molar-refractivity contribution in [1.29, 1.82) is 0 Å². The molecule has 23 nitrogen and oxygen atoms in total. The first-order chi connectivity index (χ1) is 71.3. The fourth-order valence-corrected chi connectivity index (χ4v) is 27.6. The van der Waals surface area contributed by atoms with E-state index >= 15 is 0 Å². The summed E-state index contributed by atoms with van der Waals surface area (Å²) < 4.78 is 56.7. The molecule has 23 rings (SSSR count). The maximum atomic E-state index is 7.26. The number of aryl methyl sites for hydroxylation is 13. The Labute approximate surface area is 892 Å². The molecule has 8 aromatic carbocycles. The van der Waals surface area contributed by atoms with E-state index < -0.39 is 0 Å². The monoisotopic (exact) mass is 2100 g/mol. The molecule has 17 aromatic rings. The highest BCUT2D eigenvalue weighted by molar-refractivity contribution is 7.99. The molecule has 0 atom stereocenters. The maximum Gasteiger partial charge on any atom is 0.135 e. The zero-order valence-corrected chi connectivity index (χ0v) is 92.0. The minimum absolute atomic E-state index is 0.564. The minimum atomic E-state index is 0.564. The second kappa shape index (κ2) is 43.5. The molecule has 30 heteroatoms. The molecule has 0 radical (unpaired) electrons. The van der Waals surface area contributed by atoms with Crippen molar-refractivity contribution in [3.63, 3.8) is 0 Å². The lowest BCUT2D eigenvalue weighted by Crippen LogP contribution is -2.18. The predicted molar refractivity (Wildman–Crippen MR) is 603 cm³/mol. The SMILES string of the molecule is C=C(OC)c1c(C)c2c3c(Cl)ccc2n1CCCOc1cc(cc2c1CCCC2)SCc1cc(nn1C)CN(C)Cc1nn(C)c(C)c1-3.C=C(OC)c1c(C)c2c3c(Cl)ccc2n1CCCOc1cc(cc2ccccc12)SCc1cc(nn1C)CN(C)Cc1nn2c(c1-3)CCCC2.C=C(OC)c1c(C)c2c3c(Cl)ccc2n1CCCOc1cc(cc2ccccc12)SCc1cc(nn1C)CSCc1nn2c(c1-3)CCCC2. The van der Waals surface area contributed by atoms with Crippen LogP contribution in [0.3, 0.4) is 0 Å². The van der Waals surface area contributed by atoms with Gasteiger partial charge in [-0.2, -0.15) is 30.6 Å². The van der Waals surface area contributed by atoms with Crippen molar-refractivity contribution in [3.05, 3.63) is 288 Å². The Hall–Kier alpha value is -11.6. The molecule has 14 heterocycles. The van der Waals surface area contributed by atoms with Gasteiger partial charge in [0.15, 0.2) is 0 Å². The summed E-state index contributed by atoms with van der Waals surface area (Å²) in [4.78, 5) is 8.21. The van der Waals surface area contributed by atoms with Crippen LogP contribution in [0.4, 0.5) is 0 Å². The van der Waals surface area contributed by atoms with Crippen LogP contribution < -0.4 is 14.2 Å². The average molecular weight is 2100 g/mol. The number of ether oxygens (including phenoxy) is 6. The minimum Gasteiger partial charge on any atom is -0.495 e. The summed E-state index contributed by atoms with van der Waals surface area (Å²) in [7, 11) is 17.5. The first-order valence-electron chi connectivity index (χ1n) is 51.2. The van der Waals surface area contributed by atoms with E-state index in [1.54, 1.807) is 21.3 Å². The fraction of sp³-hybridized carbons (Fsp3) is 0.368. The van der Waals surface area contributed by atoms with Crippen LogP contribution in [0.15, 0.2) is 174 Å². The second-order valence-electron chi connectivity index (χ2n) is 39.7. The van der Waals surface area contributed by atoms with Gasteiger partial charge in [-0.3, -0.25) is 37.9 Å². The van der Waals surface area contributed by atoms with Crippen molar-refractivity contribution >= 4 is 153 Å². The normalized spacial score (nSPS) is 15.7. The van der Waals surface area contributed by atoms with Crippen LogP contribution in [0.5, 0.6) is 17.2 Å². The second-order valence-corrected chi connectivity index (χ2v) is 45.1. The van der Waals surface area contributed by atoms with E-state index in [-0.39, 0.29) is 0 Å². The Morgan fingerprint density at radius 3 is 1.22 bits per heavy atom. The van der Waals surface area contributed by atoms with E-state index in [0.29, 0.717) is 68.3 Å². The molecule has 0 N–H and O–H groups in total. The summed E-state index contributed by atoms with van der Waals surface area (Å²) >= 11 is 29.0. The van der Waals surface area contributed by atoms with Crippen LogP contribution in [0, 0.1) is 27.7 Å². The molecule has 0 saturated heterocycles. The molecule has 0 unspecified atom stereocenters. The fourth-order valence-electron chi connectivity index (χ4n) is 23.0. The molecule has 5 aliphatic heterocycles. The van der Waals surface area contributed by atoms with Crippen molar-refractivity contribution in [2.75, 3.05) is 55.2 Å². The molecule has 762 valence electrons. The Bertz CT molecular complexity index is 8000. The quantitative estimate of drug-likeness (QED) is 0.143. The summed E-state index contributed by atoms with van der Waals surface area (Å²) in [6, 6.07) is 49.7. The van der Waals surface area contributed by atoms with Gasteiger partial charge in [0.1, 0.15) is 34.5 Å². The Balaban J connectivity index is 0.000000129. The Kier molecular flexibility index (Phi) is 30.0. The zero-order chi connectivity index (χ0) is 102. The standard InChI is InChI=1S/C40H43ClN6O2S.C39H40ClN5O2S2.C38H45ClN6O2S/c1-25-37-34-15-14-32(41)38(37)39-33(43-47-17-9-8-13-35(39)47)23-44(3)22-28-20-29(45(4)42-28)24-50-30-19-27-11-6-7-12-31(27)36(21-30)49-18-10-16-46(34)40(25)26(2)48-5;1-24-36-33-14-13-31(40)37(36)38-32(42-45-16-8-7-12-34(38)45)23-48-21-27-19-28(43(3)41-27)22-49-29-18-26-10-5-6-11-30(26)35(20-29)47-17-9-15-44(33)39(24)25(2)46-4;1-23-35-33-14-13-31(39)37(35)36-24(2)43(5)41-32(36)21-42(4)20-27-18-28(44(6)40-27)22-48-29-17-26-11-8-9-12-30(26)34(19-29)47-16-10-15-45(33)38(23)25(3)46-7/h6-7,11-12,14-15,19-21H,2,8-10,13,16-18,22-24H2,1,3-5H3;5-6,10-11,13-14,18-20H,2,7-9,12,15-17,21-23H2,1,3-4H3;13-14,17-19H,3,8-12,15-16,20-22H2,1-2,4-7H3. The molecular formula is C117H128Cl3N17O6S4. The number of methoxy groups -OCH3 is 3.